The molecule has 0 fully saturated rings. The SMILES string of the molecule is CCNC(c1cccc(C)c1C)c1c(F)ccc(Br)c1F. The summed E-state index contributed by atoms with van der Waals surface area (Å²) in [6.07, 6.45) is 0. The second-order valence-electron chi connectivity index (χ2n) is 5.04. The largest absolute Gasteiger partial charge is 0.306 e. The minimum Gasteiger partial charge on any atom is -0.306 e. The minimum absolute atomic E-state index is 0.0555. The molecular weight excluding hydrogens is 336 g/mol. The first-order valence-electron chi connectivity index (χ1n) is 6.90. The maximum absolute atomic E-state index is 14.4. The number of hydrogen-bond acceptors (Lipinski definition) is 1. The van der Waals surface area contributed by atoms with Gasteiger partial charge in [-0.05, 0) is 65.1 Å². The average Bonchev–Trinajstić information content (AvgIpc) is 2.45. The van der Waals surface area contributed by atoms with Crippen LogP contribution in [-0.2, 0) is 0 Å². The molecule has 2 aromatic rings. The highest BCUT2D eigenvalue weighted by atomic mass is 79.9. The number of nitrogens with one attached hydrogen (secondary N) is 1. The maximum atomic E-state index is 14.4. The number of hydrogen-bond donors (Lipinski definition) is 1. The first-order valence-corrected chi connectivity index (χ1v) is 7.69. The van der Waals surface area contributed by atoms with E-state index in [1.54, 1.807) is 0 Å². The molecule has 0 radical (unpaired) electrons. The van der Waals surface area contributed by atoms with Gasteiger partial charge in [0.1, 0.15) is 11.6 Å². The van der Waals surface area contributed by atoms with Crippen molar-refractivity contribution >= 4 is 15.9 Å². The summed E-state index contributed by atoms with van der Waals surface area (Å²) in [5.74, 6) is -1.09. The Labute approximate surface area is 132 Å². The van der Waals surface area contributed by atoms with Gasteiger partial charge in [0, 0.05) is 5.56 Å². The Morgan fingerprint density at radius 3 is 2.52 bits per heavy atom. The summed E-state index contributed by atoms with van der Waals surface area (Å²) in [6, 6.07) is 7.99. The Morgan fingerprint density at radius 2 is 1.86 bits per heavy atom. The van der Waals surface area contributed by atoms with Gasteiger partial charge in [0.2, 0.25) is 0 Å². The van der Waals surface area contributed by atoms with E-state index in [9.17, 15) is 8.78 Å². The second kappa shape index (κ2) is 6.67. The molecule has 0 aliphatic rings. The third-order valence-electron chi connectivity index (χ3n) is 3.73. The Balaban J connectivity index is 2.65. The average molecular weight is 354 g/mol. The summed E-state index contributed by atoms with van der Waals surface area (Å²) in [7, 11) is 0. The van der Waals surface area contributed by atoms with E-state index in [-0.39, 0.29) is 10.0 Å². The van der Waals surface area contributed by atoms with Crippen molar-refractivity contribution in [3.05, 3.63) is 68.7 Å². The number of rotatable bonds is 4. The summed E-state index contributed by atoms with van der Waals surface area (Å²) >= 11 is 3.14. The van der Waals surface area contributed by atoms with Gasteiger partial charge in [0.05, 0.1) is 10.5 Å². The lowest BCUT2D eigenvalue weighted by Gasteiger charge is -2.23. The fraction of sp³-hybridized carbons (Fsp3) is 0.294. The van der Waals surface area contributed by atoms with Gasteiger partial charge in [0.25, 0.3) is 0 Å². The molecule has 4 heteroatoms. The molecule has 0 heterocycles. The van der Waals surface area contributed by atoms with Gasteiger partial charge < -0.3 is 5.32 Å². The third-order valence-corrected chi connectivity index (χ3v) is 4.35. The van der Waals surface area contributed by atoms with Crippen molar-refractivity contribution in [2.45, 2.75) is 26.8 Å². The fourth-order valence-corrected chi connectivity index (χ4v) is 2.81. The summed E-state index contributed by atoms with van der Waals surface area (Å²) < 4.78 is 28.9. The first-order chi connectivity index (χ1) is 9.97. The maximum Gasteiger partial charge on any atom is 0.145 e. The summed E-state index contributed by atoms with van der Waals surface area (Å²) in [6.45, 7) is 6.51. The lowest BCUT2D eigenvalue weighted by molar-refractivity contribution is 0.506. The van der Waals surface area contributed by atoms with E-state index in [0.717, 1.165) is 16.7 Å². The van der Waals surface area contributed by atoms with Gasteiger partial charge in [0.15, 0.2) is 0 Å². The molecule has 0 aromatic heterocycles. The highest BCUT2D eigenvalue weighted by Gasteiger charge is 2.24. The van der Waals surface area contributed by atoms with Crippen LogP contribution in [-0.4, -0.2) is 6.54 Å². The van der Waals surface area contributed by atoms with E-state index in [0.29, 0.717) is 6.54 Å². The Hall–Kier alpha value is -1.26. The predicted molar refractivity (Wildman–Crippen MR) is 85.5 cm³/mol. The van der Waals surface area contributed by atoms with Crippen molar-refractivity contribution in [1.29, 1.82) is 0 Å². The molecule has 0 saturated heterocycles. The van der Waals surface area contributed by atoms with Crippen LogP contribution in [0.15, 0.2) is 34.8 Å². The molecular formula is C17H18BrF2N. The van der Waals surface area contributed by atoms with Gasteiger partial charge in [-0.25, -0.2) is 8.78 Å². The zero-order valence-electron chi connectivity index (χ0n) is 12.3. The Morgan fingerprint density at radius 1 is 1.14 bits per heavy atom. The van der Waals surface area contributed by atoms with Crippen LogP contribution in [0.25, 0.3) is 0 Å². The predicted octanol–water partition coefficient (Wildman–Crippen LogP) is 5.04. The molecule has 0 amide bonds. The molecule has 1 unspecified atom stereocenters. The summed E-state index contributed by atoms with van der Waals surface area (Å²) in [4.78, 5) is 0. The normalized spacial score (nSPS) is 12.5. The fourth-order valence-electron chi connectivity index (χ4n) is 2.47. The monoisotopic (exact) mass is 353 g/mol. The number of aryl methyl sites for hydroxylation is 1. The van der Waals surface area contributed by atoms with Crippen LogP contribution in [0.1, 0.15) is 35.2 Å². The molecule has 0 aliphatic heterocycles. The second-order valence-corrected chi connectivity index (χ2v) is 5.89. The van der Waals surface area contributed by atoms with Gasteiger partial charge >= 0.3 is 0 Å². The van der Waals surface area contributed by atoms with Crippen molar-refractivity contribution in [3.8, 4) is 0 Å². The molecule has 21 heavy (non-hydrogen) atoms. The standard InChI is InChI=1S/C17H18BrF2N/c1-4-21-17(12-7-5-6-10(2)11(12)3)15-14(19)9-8-13(18)16(15)20/h5-9,17,21H,4H2,1-3H3. The lowest BCUT2D eigenvalue weighted by Crippen LogP contribution is -2.25. The molecule has 0 spiro atoms. The molecule has 2 aromatic carbocycles. The quantitative estimate of drug-likeness (QED) is 0.759. The zero-order chi connectivity index (χ0) is 15.6. The van der Waals surface area contributed by atoms with E-state index in [4.69, 9.17) is 0 Å². The van der Waals surface area contributed by atoms with Crippen molar-refractivity contribution in [1.82, 2.24) is 5.32 Å². The molecule has 1 N–H and O–H groups in total. The van der Waals surface area contributed by atoms with Crippen molar-refractivity contribution in [2.75, 3.05) is 6.54 Å². The summed E-state index contributed by atoms with van der Waals surface area (Å²) in [5.41, 5.74) is 3.10. The van der Waals surface area contributed by atoms with E-state index in [1.807, 2.05) is 39.0 Å². The van der Waals surface area contributed by atoms with Gasteiger partial charge in [-0.2, -0.15) is 0 Å². The van der Waals surface area contributed by atoms with E-state index >= 15 is 0 Å². The first kappa shape index (κ1) is 16.1. The van der Waals surface area contributed by atoms with Crippen LogP contribution < -0.4 is 5.32 Å². The zero-order valence-corrected chi connectivity index (χ0v) is 13.9. The van der Waals surface area contributed by atoms with E-state index in [1.165, 1.54) is 12.1 Å². The Bertz CT molecular complexity index is 655. The molecule has 1 atom stereocenters. The van der Waals surface area contributed by atoms with E-state index < -0.39 is 17.7 Å². The molecule has 0 bridgehead atoms. The van der Waals surface area contributed by atoms with Crippen molar-refractivity contribution < 1.29 is 8.78 Å². The van der Waals surface area contributed by atoms with Gasteiger partial charge in [-0.1, -0.05) is 25.1 Å². The number of benzene rings is 2. The van der Waals surface area contributed by atoms with Crippen LogP contribution in [0.4, 0.5) is 8.78 Å². The molecule has 2 rings (SSSR count). The molecule has 0 aliphatic carbocycles. The van der Waals surface area contributed by atoms with Crippen LogP contribution in [0, 0.1) is 25.5 Å². The molecule has 112 valence electrons. The minimum atomic E-state index is -0.554. The van der Waals surface area contributed by atoms with Crippen molar-refractivity contribution in [2.24, 2.45) is 0 Å². The highest BCUT2D eigenvalue weighted by molar-refractivity contribution is 9.10. The number of halogens is 3. The van der Waals surface area contributed by atoms with Crippen LogP contribution in [0.3, 0.4) is 0 Å². The third kappa shape index (κ3) is 3.16. The van der Waals surface area contributed by atoms with Gasteiger partial charge in [-0.15, -0.1) is 0 Å². The van der Waals surface area contributed by atoms with Crippen LogP contribution >= 0.6 is 15.9 Å². The van der Waals surface area contributed by atoms with Crippen molar-refractivity contribution in [3.63, 3.8) is 0 Å². The highest BCUT2D eigenvalue weighted by Crippen LogP contribution is 2.32. The summed E-state index contributed by atoms with van der Waals surface area (Å²) in [5, 5.41) is 3.19. The van der Waals surface area contributed by atoms with Crippen LogP contribution in [0.2, 0.25) is 0 Å². The van der Waals surface area contributed by atoms with E-state index in [2.05, 4.69) is 21.2 Å². The molecule has 1 nitrogen and oxygen atoms in total. The topological polar surface area (TPSA) is 12.0 Å². The Kier molecular flexibility index (Phi) is 5.12. The van der Waals surface area contributed by atoms with Gasteiger partial charge in [-0.3, -0.25) is 0 Å². The smallest absolute Gasteiger partial charge is 0.145 e. The molecule has 0 saturated carbocycles. The lowest BCUT2D eigenvalue weighted by atomic mass is 9.92. The van der Waals surface area contributed by atoms with Crippen LogP contribution in [0.5, 0.6) is 0 Å².